The molecule has 104 valence electrons. The molecule has 0 fully saturated rings. The number of hydrogen-bond acceptors (Lipinski definition) is 4. The molecule has 0 amide bonds. The standard InChI is InChI=1S/C14H22N4S/c1-2-3-4-5-6-7-8-9-19-18-12-17-13-10-15-11-16-14(13)18/h10-12H,2-9H2,1H3. The second-order valence-electron chi connectivity index (χ2n) is 4.76. The Balaban J connectivity index is 1.63. The molecular formula is C14H22N4S. The average molecular weight is 278 g/mol. The molecule has 2 aromatic heterocycles. The van der Waals surface area contributed by atoms with Gasteiger partial charge in [0.2, 0.25) is 0 Å². The molecule has 5 heteroatoms. The van der Waals surface area contributed by atoms with Crippen LogP contribution >= 0.6 is 11.9 Å². The molecule has 0 aliphatic heterocycles. The fourth-order valence-corrected chi connectivity index (χ4v) is 2.97. The molecule has 0 aromatic carbocycles. The van der Waals surface area contributed by atoms with E-state index >= 15 is 0 Å². The predicted octanol–water partition coefficient (Wildman–Crippen LogP) is 4.07. The summed E-state index contributed by atoms with van der Waals surface area (Å²) < 4.78 is 2.05. The number of fused-ring (bicyclic) bond motifs is 1. The minimum absolute atomic E-state index is 0.870. The van der Waals surface area contributed by atoms with Gasteiger partial charge in [-0.2, -0.15) is 0 Å². The Morgan fingerprint density at radius 1 is 1.05 bits per heavy atom. The van der Waals surface area contributed by atoms with E-state index in [9.17, 15) is 0 Å². The van der Waals surface area contributed by atoms with Crippen LogP contribution in [0.3, 0.4) is 0 Å². The van der Waals surface area contributed by atoms with Crippen molar-refractivity contribution in [3.05, 3.63) is 18.9 Å². The highest BCUT2D eigenvalue weighted by Crippen LogP contribution is 2.17. The number of aromatic nitrogens is 4. The van der Waals surface area contributed by atoms with Gasteiger partial charge in [-0.1, -0.05) is 45.4 Å². The molecule has 0 saturated carbocycles. The van der Waals surface area contributed by atoms with E-state index in [0.29, 0.717) is 0 Å². The van der Waals surface area contributed by atoms with E-state index in [0.717, 1.165) is 16.9 Å². The summed E-state index contributed by atoms with van der Waals surface area (Å²) in [6, 6.07) is 0. The average Bonchev–Trinajstić information content (AvgIpc) is 2.85. The highest BCUT2D eigenvalue weighted by Gasteiger charge is 2.03. The van der Waals surface area contributed by atoms with Gasteiger partial charge in [-0.3, -0.25) is 3.97 Å². The van der Waals surface area contributed by atoms with Crippen molar-refractivity contribution in [3.8, 4) is 0 Å². The summed E-state index contributed by atoms with van der Waals surface area (Å²) in [6.07, 6.45) is 14.6. The SMILES string of the molecule is CCCCCCCCCSn1cnc2cncnc21. The van der Waals surface area contributed by atoms with Crippen LogP contribution in [0.2, 0.25) is 0 Å². The maximum Gasteiger partial charge on any atom is 0.173 e. The molecule has 4 nitrogen and oxygen atoms in total. The number of nitrogens with zero attached hydrogens (tertiary/aromatic N) is 4. The van der Waals surface area contributed by atoms with Crippen molar-refractivity contribution in [2.24, 2.45) is 0 Å². The minimum atomic E-state index is 0.870. The normalized spacial score (nSPS) is 11.2. The van der Waals surface area contributed by atoms with Crippen molar-refractivity contribution in [1.82, 2.24) is 18.9 Å². The van der Waals surface area contributed by atoms with Gasteiger partial charge in [0.05, 0.1) is 6.20 Å². The van der Waals surface area contributed by atoms with Crippen LogP contribution in [0.4, 0.5) is 0 Å². The van der Waals surface area contributed by atoms with Crippen LogP contribution in [0.1, 0.15) is 51.9 Å². The van der Waals surface area contributed by atoms with Crippen LogP contribution in [-0.2, 0) is 0 Å². The molecule has 2 aromatic rings. The van der Waals surface area contributed by atoms with Gasteiger partial charge in [-0.25, -0.2) is 15.0 Å². The summed E-state index contributed by atoms with van der Waals surface area (Å²) in [5, 5.41) is 0. The third-order valence-corrected chi connectivity index (χ3v) is 4.18. The van der Waals surface area contributed by atoms with Gasteiger partial charge < -0.3 is 0 Å². The molecule has 0 unspecified atom stereocenters. The van der Waals surface area contributed by atoms with Crippen LogP contribution in [0.15, 0.2) is 18.9 Å². The van der Waals surface area contributed by atoms with E-state index in [1.54, 1.807) is 24.5 Å². The first kappa shape index (κ1) is 14.3. The maximum atomic E-state index is 4.28. The lowest BCUT2D eigenvalue weighted by Crippen LogP contribution is -1.91. The van der Waals surface area contributed by atoms with E-state index in [1.165, 1.54) is 44.9 Å². The second-order valence-corrected chi connectivity index (χ2v) is 5.82. The molecule has 0 N–H and O–H groups in total. The van der Waals surface area contributed by atoms with E-state index in [-0.39, 0.29) is 0 Å². The summed E-state index contributed by atoms with van der Waals surface area (Å²) in [7, 11) is 0. The Labute approximate surface area is 119 Å². The number of unbranched alkanes of at least 4 members (excludes halogenated alkanes) is 6. The highest BCUT2D eigenvalue weighted by atomic mass is 32.2. The van der Waals surface area contributed by atoms with Crippen molar-refractivity contribution in [3.63, 3.8) is 0 Å². The third-order valence-electron chi connectivity index (χ3n) is 3.16. The number of hydrogen-bond donors (Lipinski definition) is 0. The van der Waals surface area contributed by atoms with Crippen molar-refractivity contribution in [1.29, 1.82) is 0 Å². The molecule has 0 aliphatic carbocycles. The molecule has 0 bridgehead atoms. The number of imidazole rings is 1. The summed E-state index contributed by atoms with van der Waals surface area (Å²) in [6.45, 7) is 2.26. The molecule has 0 atom stereocenters. The van der Waals surface area contributed by atoms with Crippen molar-refractivity contribution < 1.29 is 0 Å². The minimum Gasteiger partial charge on any atom is -0.256 e. The van der Waals surface area contributed by atoms with Gasteiger partial charge in [0.15, 0.2) is 5.65 Å². The lowest BCUT2D eigenvalue weighted by molar-refractivity contribution is 0.603. The molecular weight excluding hydrogens is 256 g/mol. The zero-order chi connectivity index (χ0) is 13.3. The van der Waals surface area contributed by atoms with E-state index in [4.69, 9.17) is 0 Å². The predicted molar refractivity (Wildman–Crippen MR) is 81.2 cm³/mol. The molecule has 0 radical (unpaired) electrons. The highest BCUT2D eigenvalue weighted by molar-refractivity contribution is 7.97. The Kier molecular flexibility index (Phi) is 6.14. The van der Waals surface area contributed by atoms with E-state index in [1.807, 2.05) is 10.3 Å². The second kappa shape index (κ2) is 8.15. The van der Waals surface area contributed by atoms with Crippen LogP contribution in [0.25, 0.3) is 11.2 Å². The van der Waals surface area contributed by atoms with Crippen LogP contribution in [-0.4, -0.2) is 24.7 Å². The van der Waals surface area contributed by atoms with Gasteiger partial charge >= 0.3 is 0 Å². The Morgan fingerprint density at radius 2 is 1.84 bits per heavy atom. The van der Waals surface area contributed by atoms with E-state index in [2.05, 4.69) is 21.9 Å². The number of rotatable bonds is 9. The third kappa shape index (κ3) is 4.49. The van der Waals surface area contributed by atoms with Gasteiger partial charge in [-0.05, 0) is 18.4 Å². The monoisotopic (exact) mass is 278 g/mol. The Morgan fingerprint density at radius 3 is 2.68 bits per heavy atom. The molecule has 0 spiro atoms. The molecule has 0 aliphatic rings. The zero-order valence-corrected chi connectivity index (χ0v) is 12.4. The first-order chi connectivity index (χ1) is 9.42. The zero-order valence-electron chi connectivity index (χ0n) is 11.6. The first-order valence-electron chi connectivity index (χ1n) is 7.18. The Bertz CT molecular complexity index is 483. The fourth-order valence-electron chi connectivity index (χ4n) is 2.06. The summed E-state index contributed by atoms with van der Waals surface area (Å²) in [5.74, 6) is 1.13. The maximum absolute atomic E-state index is 4.28. The topological polar surface area (TPSA) is 43.6 Å². The van der Waals surface area contributed by atoms with Gasteiger partial charge in [0.1, 0.15) is 18.2 Å². The molecule has 19 heavy (non-hydrogen) atoms. The van der Waals surface area contributed by atoms with E-state index < -0.39 is 0 Å². The van der Waals surface area contributed by atoms with Crippen molar-refractivity contribution >= 4 is 23.1 Å². The smallest absolute Gasteiger partial charge is 0.173 e. The van der Waals surface area contributed by atoms with Crippen molar-refractivity contribution in [2.45, 2.75) is 51.9 Å². The van der Waals surface area contributed by atoms with Gasteiger partial charge in [-0.15, -0.1) is 0 Å². The van der Waals surface area contributed by atoms with Crippen molar-refractivity contribution in [2.75, 3.05) is 5.75 Å². The lowest BCUT2D eigenvalue weighted by atomic mass is 10.1. The summed E-state index contributed by atoms with van der Waals surface area (Å²) in [4.78, 5) is 12.5. The van der Waals surface area contributed by atoms with Crippen LogP contribution in [0, 0.1) is 0 Å². The molecule has 2 heterocycles. The lowest BCUT2D eigenvalue weighted by Gasteiger charge is -2.03. The van der Waals surface area contributed by atoms with Crippen LogP contribution in [0.5, 0.6) is 0 Å². The molecule has 2 rings (SSSR count). The summed E-state index contributed by atoms with van der Waals surface area (Å²) >= 11 is 1.79. The largest absolute Gasteiger partial charge is 0.256 e. The van der Waals surface area contributed by atoms with Gasteiger partial charge in [0.25, 0.3) is 0 Å². The first-order valence-corrected chi connectivity index (χ1v) is 8.12. The Hall–Kier alpha value is -1.10. The summed E-state index contributed by atoms with van der Waals surface area (Å²) in [5.41, 5.74) is 1.79. The fraction of sp³-hybridized carbons (Fsp3) is 0.643. The van der Waals surface area contributed by atoms with Crippen LogP contribution < -0.4 is 0 Å². The quantitative estimate of drug-likeness (QED) is 0.648. The molecule has 0 saturated heterocycles. The van der Waals surface area contributed by atoms with Gasteiger partial charge in [0, 0.05) is 5.75 Å².